The van der Waals surface area contributed by atoms with E-state index in [4.69, 9.17) is 4.74 Å². The standard InChI is InChI=1S/C32H33N5O5/c1-36(17-21-10-4-3-5-11-21)19-28(30(38)35-29(31(39)40)22-16-33-37(2)18-22)34-32(41)42-20-27-25-14-8-6-12-23(25)24-13-7-9-15-26(24)27/h3-16,18,27-29H,17,19-20H2,1-2H3,(H,34,41)(H,35,38)(H,39,40). The van der Waals surface area contributed by atoms with Crippen LogP contribution in [0.25, 0.3) is 11.1 Å². The van der Waals surface area contributed by atoms with E-state index in [1.807, 2.05) is 78.7 Å². The molecule has 2 unspecified atom stereocenters. The minimum Gasteiger partial charge on any atom is -0.479 e. The van der Waals surface area contributed by atoms with E-state index in [1.165, 1.54) is 17.1 Å². The number of nitrogens with one attached hydrogen (secondary N) is 2. The van der Waals surface area contributed by atoms with E-state index in [2.05, 4.69) is 27.9 Å². The van der Waals surface area contributed by atoms with Crippen LogP contribution in [0.15, 0.2) is 91.3 Å². The maximum atomic E-state index is 13.5. The molecule has 1 aromatic heterocycles. The maximum Gasteiger partial charge on any atom is 0.407 e. The highest BCUT2D eigenvalue weighted by Gasteiger charge is 2.32. The summed E-state index contributed by atoms with van der Waals surface area (Å²) < 4.78 is 7.14. The van der Waals surface area contributed by atoms with Gasteiger partial charge in [0.2, 0.25) is 5.91 Å². The number of carboxylic acids is 1. The zero-order valence-corrected chi connectivity index (χ0v) is 23.4. The lowest BCUT2D eigenvalue weighted by Gasteiger charge is -2.26. The first kappa shape index (κ1) is 28.6. The monoisotopic (exact) mass is 567 g/mol. The molecule has 3 N–H and O–H groups in total. The summed E-state index contributed by atoms with van der Waals surface area (Å²) in [5.41, 5.74) is 5.71. The summed E-state index contributed by atoms with van der Waals surface area (Å²) in [6.45, 7) is 0.716. The summed E-state index contributed by atoms with van der Waals surface area (Å²) in [6.07, 6.45) is 2.14. The number of carbonyl (C=O) groups excluding carboxylic acids is 2. The smallest absolute Gasteiger partial charge is 0.407 e. The van der Waals surface area contributed by atoms with Crippen LogP contribution in [0.2, 0.25) is 0 Å². The Morgan fingerprint density at radius 1 is 0.952 bits per heavy atom. The van der Waals surface area contributed by atoms with Crippen LogP contribution < -0.4 is 10.6 Å². The van der Waals surface area contributed by atoms with Gasteiger partial charge in [-0.25, -0.2) is 9.59 Å². The van der Waals surface area contributed by atoms with Gasteiger partial charge < -0.3 is 20.5 Å². The minimum atomic E-state index is -1.34. The zero-order chi connectivity index (χ0) is 29.6. The summed E-state index contributed by atoms with van der Waals surface area (Å²) in [4.78, 5) is 40.5. The molecule has 0 radical (unpaired) electrons. The molecule has 0 bridgehead atoms. The third-order valence-electron chi connectivity index (χ3n) is 7.33. The second kappa shape index (κ2) is 12.7. The molecule has 2 atom stereocenters. The Morgan fingerprint density at radius 3 is 2.17 bits per heavy atom. The number of hydrogen-bond donors (Lipinski definition) is 3. The molecule has 1 aliphatic carbocycles. The summed E-state index contributed by atoms with van der Waals surface area (Å²) in [5.74, 6) is -2.04. The Hall–Kier alpha value is -4.96. The van der Waals surface area contributed by atoms with Gasteiger partial charge in [-0.1, -0.05) is 78.9 Å². The quantitative estimate of drug-likeness (QED) is 0.252. The van der Waals surface area contributed by atoms with Gasteiger partial charge in [-0.05, 0) is 34.9 Å². The average molecular weight is 568 g/mol. The highest BCUT2D eigenvalue weighted by Crippen LogP contribution is 2.44. The molecule has 4 aromatic rings. The maximum absolute atomic E-state index is 13.5. The van der Waals surface area contributed by atoms with Gasteiger partial charge in [0.1, 0.15) is 12.6 Å². The van der Waals surface area contributed by atoms with Crippen LogP contribution in [0.4, 0.5) is 4.79 Å². The number of aliphatic carboxylic acids is 1. The van der Waals surface area contributed by atoms with Gasteiger partial charge >= 0.3 is 12.1 Å². The number of fused-ring (bicyclic) bond motifs is 3. The van der Waals surface area contributed by atoms with Crippen LogP contribution in [0.1, 0.15) is 34.2 Å². The fourth-order valence-corrected chi connectivity index (χ4v) is 5.37. The van der Waals surface area contributed by atoms with E-state index in [-0.39, 0.29) is 19.1 Å². The lowest BCUT2D eigenvalue weighted by molar-refractivity contribution is -0.142. The molecule has 10 nitrogen and oxygen atoms in total. The Bertz CT molecular complexity index is 1520. The molecule has 216 valence electrons. The number of nitrogens with zero attached hydrogens (tertiary/aromatic N) is 3. The normalized spacial score (nSPS) is 13.6. The molecule has 0 saturated carbocycles. The number of carboxylic acid groups (broad SMARTS) is 1. The number of aromatic nitrogens is 2. The topological polar surface area (TPSA) is 126 Å². The van der Waals surface area contributed by atoms with E-state index in [1.54, 1.807) is 7.05 Å². The largest absolute Gasteiger partial charge is 0.479 e. The molecule has 1 heterocycles. The second-order valence-corrected chi connectivity index (χ2v) is 10.4. The van der Waals surface area contributed by atoms with Crippen molar-refractivity contribution in [2.75, 3.05) is 20.2 Å². The minimum absolute atomic E-state index is 0.0848. The SMILES string of the molecule is CN(Cc1ccccc1)CC(NC(=O)OCC1c2ccccc2-c2ccccc21)C(=O)NC(C(=O)O)c1cnn(C)c1. The van der Waals surface area contributed by atoms with E-state index < -0.39 is 30.1 Å². The number of aryl methyl sites for hydroxylation is 1. The first-order valence-electron chi connectivity index (χ1n) is 13.7. The Labute approximate surface area is 243 Å². The van der Waals surface area contributed by atoms with E-state index in [9.17, 15) is 19.5 Å². The number of likely N-dealkylation sites (N-methyl/N-ethyl adjacent to an activating group) is 1. The van der Waals surface area contributed by atoms with Gasteiger partial charge in [0, 0.05) is 37.8 Å². The number of rotatable bonds is 11. The Kier molecular flexibility index (Phi) is 8.63. The van der Waals surface area contributed by atoms with Gasteiger partial charge in [0.05, 0.1) is 6.20 Å². The van der Waals surface area contributed by atoms with Crippen molar-refractivity contribution < 1.29 is 24.2 Å². The van der Waals surface area contributed by atoms with Crippen molar-refractivity contribution in [3.05, 3.63) is 114 Å². The average Bonchev–Trinajstić information content (AvgIpc) is 3.55. The summed E-state index contributed by atoms with van der Waals surface area (Å²) >= 11 is 0. The number of hydrogen-bond acceptors (Lipinski definition) is 6. The van der Waals surface area contributed by atoms with Crippen molar-refractivity contribution in [2.45, 2.75) is 24.5 Å². The molecule has 5 rings (SSSR count). The van der Waals surface area contributed by atoms with Gasteiger partial charge in [-0.15, -0.1) is 0 Å². The highest BCUT2D eigenvalue weighted by atomic mass is 16.5. The van der Waals surface area contributed by atoms with Crippen molar-refractivity contribution in [2.24, 2.45) is 7.05 Å². The van der Waals surface area contributed by atoms with Crippen LogP contribution in [0, 0.1) is 0 Å². The molecule has 2 amide bonds. The number of ether oxygens (including phenoxy) is 1. The summed E-state index contributed by atoms with van der Waals surface area (Å²) in [6, 6.07) is 23.3. The first-order chi connectivity index (χ1) is 20.3. The van der Waals surface area contributed by atoms with E-state index in [0.717, 1.165) is 27.8 Å². The van der Waals surface area contributed by atoms with E-state index >= 15 is 0 Å². The molecule has 0 fully saturated rings. The van der Waals surface area contributed by atoms with Crippen molar-refractivity contribution in [1.82, 2.24) is 25.3 Å². The predicted molar refractivity (Wildman–Crippen MR) is 156 cm³/mol. The van der Waals surface area contributed by atoms with Gasteiger partial charge in [-0.2, -0.15) is 5.10 Å². The van der Waals surface area contributed by atoms with Gasteiger partial charge in [0.25, 0.3) is 0 Å². The summed E-state index contributed by atoms with van der Waals surface area (Å²) in [5, 5.41) is 19.1. The second-order valence-electron chi connectivity index (χ2n) is 10.4. The van der Waals surface area contributed by atoms with Crippen LogP contribution >= 0.6 is 0 Å². The van der Waals surface area contributed by atoms with Crippen LogP contribution in [-0.2, 0) is 27.9 Å². The van der Waals surface area contributed by atoms with Crippen molar-refractivity contribution in [1.29, 1.82) is 0 Å². The van der Waals surface area contributed by atoms with Crippen LogP contribution in [-0.4, -0.2) is 64.0 Å². The number of alkyl carbamates (subject to hydrolysis) is 1. The number of benzene rings is 3. The predicted octanol–water partition coefficient (Wildman–Crippen LogP) is 3.70. The Morgan fingerprint density at radius 2 is 1.57 bits per heavy atom. The van der Waals surface area contributed by atoms with Crippen molar-refractivity contribution in [3.8, 4) is 11.1 Å². The Balaban J connectivity index is 1.30. The number of carbonyl (C=O) groups is 3. The van der Waals surface area contributed by atoms with Crippen molar-refractivity contribution >= 4 is 18.0 Å². The first-order valence-corrected chi connectivity index (χ1v) is 13.7. The molecule has 0 saturated heterocycles. The lowest BCUT2D eigenvalue weighted by atomic mass is 9.98. The van der Waals surface area contributed by atoms with E-state index in [0.29, 0.717) is 12.1 Å². The fourth-order valence-electron chi connectivity index (χ4n) is 5.37. The highest BCUT2D eigenvalue weighted by molar-refractivity contribution is 5.90. The van der Waals surface area contributed by atoms with Crippen LogP contribution in [0.3, 0.4) is 0 Å². The number of amides is 2. The zero-order valence-electron chi connectivity index (χ0n) is 23.4. The molecule has 10 heteroatoms. The third-order valence-corrected chi connectivity index (χ3v) is 7.33. The van der Waals surface area contributed by atoms with Crippen molar-refractivity contribution in [3.63, 3.8) is 0 Å². The molecule has 3 aromatic carbocycles. The van der Waals surface area contributed by atoms with Crippen LogP contribution in [0.5, 0.6) is 0 Å². The van der Waals surface area contributed by atoms with Gasteiger partial charge in [-0.3, -0.25) is 14.4 Å². The molecular formula is C32H33N5O5. The lowest BCUT2D eigenvalue weighted by Crippen LogP contribution is -2.53. The fraction of sp³-hybridized carbons (Fsp3) is 0.250. The molecule has 1 aliphatic rings. The molecular weight excluding hydrogens is 534 g/mol. The summed E-state index contributed by atoms with van der Waals surface area (Å²) in [7, 11) is 3.48. The van der Waals surface area contributed by atoms with Gasteiger partial charge in [0.15, 0.2) is 6.04 Å². The molecule has 42 heavy (non-hydrogen) atoms. The molecule has 0 aliphatic heterocycles. The molecule has 0 spiro atoms. The third kappa shape index (κ3) is 6.50.